The van der Waals surface area contributed by atoms with Gasteiger partial charge in [-0.15, -0.1) is 0 Å². The topological polar surface area (TPSA) is 88.8 Å². The maximum atomic E-state index is 5.61. The van der Waals surface area contributed by atoms with E-state index in [4.69, 9.17) is 11.7 Å². The van der Waals surface area contributed by atoms with Crippen LogP contribution in [0, 0.1) is 23.7 Å². The van der Waals surface area contributed by atoms with Crippen LogP contribution in [-0.4, -0.2) is 12.1 Å². The molecule has 0 saturated heterocycles. The van der Waals surface area contributed by atoms with Crippen LogP contribution in [0.25, 0.3) is 0 Å². The van der Waals surface area contributed by atoms with Gasteiger partial charge in [0.25, 0.3) is 0 Å². The molecule has 0 aromatic heterocycles. The highest BCUT2D eigenvalue weighted by molar-refractivity contribution is 4.86. The smallest absolute Gasteiger partial charge is 0.0755 e. The molecule has 0 aromatic rings. The number of rotatable bonds is 4. The zero-order chi connectivity index (χ0) is 14.5. The van der Waals surface area contributed by atoms with Crippen LogP contribution in [0.2, 0.25) is 0 Å². The van der Waals surface area contributed by atoms with Crippen molar-refractivity contribution in [2.24, 2.45) is 45.7 Å². The lowest BCUT2D eigenvalue weighted by Crippen LogP contribution is -2.43. The fraction of sp³-hybridized carbons (Fsp3) is 1.00. The molecular weight excluding hydrogens is 250 g/mol. The Morgan fingerprint density at radius 1 is 1.00 bits per heavy atom. The van der Waals surface area contributed by atoms with Crippen molar-refractivity contribution in [3.8, 4) is 0 Å². The molecule has 0 spiro atoms. The van der Waals surface area contributed by atoms with E-state index in [-0.39, 0.29) is 0 Å². The number of nitrogens with zero attached hydrogens (tertiary/aromatic N) is 2. The number of hydrazine groups is 1. The molecule has 2 aliphatic rings. The first kappa shape index (κ1) is 15.7. The highest BCUT2D eigenvalue weighted by atomic mass is 15.3. The molecule has 2 aliphatic carbocycles. The SMILES string of the molecule is CC1CC(CC2CCC(NN)C(C)C2)CCC1N=NN. The van der Waals surface area contributed by atoms with Gasteiger partial charge in [0.1, 0.15) is 0 Å². The summed E-state index contributed by atoms with van der Waals surface area (Å²) in [5, 5.41) is 7.64. The predicted molar refractivity (Wildman–Crippen MR) is 81.6 cm³/mol. The minimum Gasteiger partial charge on any atom is -0.305 e. The first-order chi connectivity index (χ1) is 9.63. The van der Waals surface area contributed by atoms with Crippen molar-refractivity contribution in [1.29, 1.82) is 0 Å². The van der Waals surface area contributed by atoms with Crippen molar-refractivity contribution in [1.82, 2.24) is 5.43 Å². The monoisotopic (exact) mass is 281 g/mol. The van der Waals surface area contributed by atoms with Gasteiger partial charge in [-0.25, -0.2) is 0 Å². The lowest BCUT2D eigenvalue weighted by Gasteiger charge is -2.38. The van der Waals surface area contributed by atoms with E-state index in [1.54, 1.807) is 0 Å². The zero-order valence-corrected chi connectivity index (χ0v) is 13.0. The van der Waals surface area contributed by atoms with Crippen LogP contribution in [0.4, 0.5) is 0 Å². The summed E-state index contributed by atoms with van der Waals surface area (Å²) in [6.07, 6.45) is 9.00. The van der Waals surface area contributed by atoms with Gasteiger partial charge in [-0.1, -0.05) is 19.1 Å². The van der Waals surface area contributed by atoms with Gasteiger partial charge >= 0.3 is 0 Å². The Bertz CT molecular complexity index is 319. The minimum atomic E-state index is 0.354. The molecule has 2 rings (SSSR count). The number of nitrogens with two attached hydrogens (primary N) is 2. The van der Waals surface area contributed by atoms with Crippen molar-refractivity contribution >= 4 is 0 Å². The molecular formula is C15H31N5. The second-order valence-corrected chi connectivity index (χ2v) is 7.12. The van der Waals surface area contributed by atoms with E-state index in [0.29, 0.717) is 23.9 Å². The fourth-order valence-corrected chi connectivity index (χ4v) is 4.40. The van der Waals surface area contributed by atoms with E-state index in [2.05, 4.69) is 29.6 Å². The molecule has 0 amide bonds. The maximum absolute atomic E-state index is 5.61. The van der Waals surface area contributed by atoms with Crippen molar-refractivity contribution in [3.63, 3.8) is 0 Å². The molecule has 0 heterocycles. The van der Waals surface area contributed by atoms with Gasteiger partial charge in [-0.05, 0) is 68.6 Å². The first-order valence-electron chi connectivity index (χ1n) is 8.20. The molecule has 5 heteroatoms. The Hall–Kier alpha value is -0.680. The summed E-state index contributed by atoms with van der Waals surface area (Å²) >= 11 is 0. The average molecular weight is 281 g/mol. The van der Waals surface area contributed by atoms with Crippen LogP contribution >= 0.6 is 0 Å². The normalized spacial score (nSPS) is 43.0. The Morgan fingerprint density at radius 3 is 2.20 bits per heavy atom. The molecule has 6 atom stereocenters. The number of hydrogen-bond donors (Lipinski definition) is 3. The molecule has 116 valence electrons. The summed E-state index contributed by atoms with van der Waals surface area (Å²) in [6.45, 7) is 4.63. The van der Waals surface area contributed by atoms with E-state index in [1.807, 2.05) is 0 Å². The third-order valence-corrected chi connectivity index (χ3v) is 5.61. The van der Waals surface area contributed by atoms with Gasteiger partial charge in [0.15, 0.2) is 0 Å². The van der Waals surface area contributed by atoms with Gasteiger partial charge in [-0.3, -0.25) is 11.3 Å². The third-order valence-electron chi connectivity index (χ3n) is 5.61. The van der Waals surface area contributed by atoms with Crippen LogP contribution in [0.3, 0.4) is 0 Å². The number of hydrogen-bond acceptors (Lipinski definition) is 4. The Kier molecular flexibility index (Phi) is 5.78. The number of nitrogens with one attached hydrogen (secondary N) is 1. The van der Waals surface area contributed by atoms with Crippen LogP contribution in [-0.2, 0) is 0 Å². The summed E-state index contributed by atoms with van der Waals surface area (Å²) in [5.74, 6) is 13.9. The molecule has 0 radical (unpaired) electrons. The van der Waals surface area contributed by atoms with Crippen molar-refractivity contribution < 1.29 is 0 Å². The second-order valence-electron chi connectivity index (χ2n) is 7.12. The molecule has 2 fully saturated rings. The van der Waals surface area contributed by atoms with Crippen molar-refractivity contribution in [3.05, 3.63) is 0 Å². The van der Waals surface area contributed by atoms with Crippen molar-refractivity contribution in [2.75, 3.05) is 0 Å². The van der Waals surface area contributed by atoms with E-state index in [9.17, 15) is 0 Å². The Balaban J connectivity index is 1.78. The lowest BCUT2D eigenvalue weighted by atomic mass is 9.71. The summed E-state index contributed by atoms with van der Waals surface area (Å²) in [6, 6.07) is 0.873. The van der Waals surface area contributed by atoms with Crippen LogP contribution < -0.4 is 17.1 Å². The van der Waals surface area contributed by atoms with Gasteiger partial charge < -0.3 is 5.84 Å². The molecule has 0 aliphatic heterocycles. The highest BCUT2D eigenvalue weighted by Gasteiger charge is 2.32. The van der Waals surface area contributed by atoms with E-state index in [1.165, 1.54) is 38.5 Å². The molecule has 6 unspecified atom stereocenters. The van der Waals surface area contributed by atoms with Gasteiger partial charge in [0.2, 0.25) is 0 Å². The predicted octanol–water partition coefficient (Wildman–Crippen LogP) is 2.78. The van der Waals surface area contributed by atoms with Crippen LogP contribution in [0.15, 0.2) is 10.3 Å². The summed E-state index contributed by atoms with van der Waals surface area (Å²) < 4.78 is 0. The third kappa shape index (κ3) is 3.92. The summed E-state index contributed by atoms with van der Waals surface area (Å²) in [7, 11) is 0. The van der Waals surface area contributed by atoms with Crippen LogP contribution in [0.1, 0.15) is 58.8 Å². The average Bonchev–Trinajstić information content (AvgIpc) is 2.42. The Morgan fingerprint density at radius 2 is 1.65 bits per heavy atom. The largest absolute Gasteiger partial charge is 0.305 e. The maximum Gasteiger partial charge on any atom is 0.0755 e. The standard InChI is InChI=1S/C15H31N5/c1-10-7-12(3-5-14(10)18-16)9-13-4-6-15(19-20-17)11(2)8-13/h10-15,18H,3-9,16H2,1-2H3,(H2,17,19). The first-order valence-corrected chi connectivity index (χ1v) is 8.20. The molecule has 0 aromatic carbocycles. The minimum absolute atomic E-state index is 0.354. The molecule has 5 N–H and O–H groups in total. The second kappa shape index (κ2) is 7.36. The van der Waals surface area contributed by atoms with Gasteiger partial charge in [0.05, 0.1) is 6.04 Å². The zero-order valence-electron chi connectivity index (χ0n) is 13.0. The molecule has 0 bridgehead atoms. The van der Waals surface area contributed by atoms with E-state index >= 15 is 0 Å². The highest BCUT2D eigenvalue weighted by Crippen LogP contribution is 2.39. The summed E-state index contributed by atoms with van der Waals surface area (Å²) in [4.78, 5) is 0. The van der Waals surface area contributed by atoms with E-state index in [0.717, 1.165) is 18.3 Å². The quantitative estimate of drug-likeness (QED) is 0.420. The fourth-order valence-electron chi connectivity index (χ4n) is 4.40. The lowest BCUT2D eigenvalue weighted by molar-refractivity contribution is 0.157. The Labute approximate surface area is 122 Å². The van der Waals surface area contributed by atoms with Crippen molar-refractivity contribution in [2.45, 2.75) is 70.9 Å². The van der Waals surface area contributed by atoms with Gasteiger partial charge in [-0.2, -0.15) is 5.11 Å². The molecule has 5 nitrogen and oxygen atoms in total. The van der Waals surface area contributed by atoms with E-state index < -0.39 is 0 Å². The van der Waals surface area contributed by atoms with Crippen LogP contribution in [0.5, 0.6) is 0 Å². The van der Waals surface area contributed by atoms with Gasteiger partial charge in [0, 0.05) is 6.04 Å². The molecule has 2 saturated carbocycles. The molecule has 20 heavy (non-hydrogen) atoms. The summed E-state index contributed by atoms with van der Waals surface area (Å²) in [5.41, 5.74) is 2.97.